The molecule has 0 radical (unpaired) electrons. The minimum absolute atomic E-state index is 0.694. The predicted molar refractivity (Wildman–Crippen MR) is 126 cm³/mol. The number of thiazole rings is 2. The molecule has 0 aliphatic rings. The third-order valence-electron chi connectivity index (χ3n) is 4.77. The standard InChI is InChI=1S/C24H18N2O2S2/c1-27-19-12-11-15(14-20(19)28-2)13-16(23-25-17-7-3-5-9-21(17)29-23)24-26-18-8-4-6-10-22(18)30-24/h3-14H,1-2H3. The van der Waals surface area contributed by atoms with Crippen LogP contribution in [0.3, 0.4) is 0 Å². The van der Waals surface area contributed by atoms with Gasteiger partial charge < -0.3 is 9.47 Å². The third-order valence-corrected chi connectivity index (χ3v) is 6.91. The van der Waals surface area contributed by atoms with Crippen molar-refractivity contribution in [2.75, 3.05) is 14.2 Å². The molecule has 0 saturated carbocycles. The van der Waals surface area contributed by atoms with Crippen LogP contribution in [0.4, 0.5) is 0 Å². The van der Waals surface area contributed by atoms with Crippen molar-refractivity contribution in [3.05, 3.63) is 82.3 Å². The van der Waals surface area contributed by atoms with Gasteiger partial charge in [0.15, 0.2) is 11.5 Å². The number of para-hydroxylation sites is 2. The van der Waals surface area contributed by atoms with Gasteiger partial charge in [0.1, 0.15) is 10.0 Å². The van der Waals surface area contributed by atoms with E-state index in [1.54, 1.807) is 36.9 Å². The maximum absolute atomic E-state index is 5.49. The summed E-state index contributed by atoms with van der Waals surface area (Å²) in [4.78, 5) is 9.79. The fourth-order valence-electron chi connectivity index (χ4n) is 3.30. The summed E-state index contributed by atoms with van der Waals surface area (Å²) in [5, 5.41) is 1.90. The van der Waals surface area contributed by atoms with Crippen molar-refractivity contribution >= 4 is 54.8 Å². The van der Waals surface area contributed by atoms with Gasteiger partial charge in [-0.2, -0.15) is 0 Å². The van der Waals surface area contributed by atoms with Gasteiger partial charge in [0.05, 0.1) is 34.7 Å². The summed E-state index contributed by atoms with van der Waals surface area (Å²) < 4.78 is 13.2. The second kappa shape index (κ2) is 7.89. The first-order chi connectivity index (χ1) is 14.7. The molecule has 0 spiro atoms. The van der Waals surface area contributed by atoms with Crippen LogP contribution in [0.25, 0.3) is 32.1 Å². The lowest BCUT2D eigenvalue weighted by Crippen LogP contribution is -1.91. The summed E-state index contributed by atoms with van der Waals surface area (Å²) in [6.45, 7) is 0. The highest BCUT2D eigenvalue weighted by Gasteiger charge is 2.16. The van der Waals surface area contributed by atoms with Crippen LogP contribution < -0.4 is 9.47 Å². The molecule has 2 heterocycles. The van der Waals surface area contributed by atoms with Crippen LogP contribution in [0.1, 0.15) is 15.6 Å². The molecule has 4 nitrogen and oxygen atoms in total. The zero-order chi connectivity index (χ0) is 20.5. The van der Waals surface area contributed by atoms with E-state index in [9.17, 15) is 0 Å². The van der Waals surface area contributed by atoms with Crippen molar-refractivity contribution in [1.82, 2.24) is 9.97 Å². The predicted octanol–water partition coefficient (Wildman–Crippen LogP) is 6.51. The number of benzene rings is 3. The molecule has 0 N–H and O–H groups in total. The molecule has 2 aromatic heterocycles. The van der Waals surface area contributed by atoms with Crippen molar-refractivity contribution in [3.8, 4) is 11.5 Å². The highest BCUT2D eigenvalue weighted by atomic mass is 32.1. The van der Waals surface area contributed by atoms with Crippen LogP contribution in [0.5, 0.6) is 11.5 Å². The van der Waals surface area contributed by atoms with E-state index >= 15 is 0 Å². The Labute approximate surface area is 182 Å². The molecule has 0 fully saturated rings. The SMILES string of the molecule is COc1ccc(C=C(c2nc3ccccc3s2)c2nc3ccccc3s2)cc1OC. The summed E-state index contributed by atoms with van der Waals surface area (Å²) in [7, 11) is 3.29. The maximum atomic E-state index is 5.49. The van der Waals surface area contributed by atoms with Crippen molar-refractivity contribution in [2.45, 2.75) is 0 Å². The van der Waals surface area contributed by atoms with Crippen LogP contribution >= 0.6 is 22.7 Å². The average molecular weight is 431 g/mol. The van der Waals surface area contributed by atoms with Crippen molar-refractivity contribution in [1.29, 1.82) is 0 Å². The number of hydrogen-bond acceptors (Lipinski definition) is 6. The van der Waals surface area contributed by atoms with Gasteiger partial charge in [-0.05, 0) is 48.0 Å². The molecule has 5 rings (SSSR count). The van der Waals surface area contributed by atoms with Crippen LogP contribution in [-0.4, -0.2) is 24.2 Å². The van der Waals surface area contributed by atoms with Gasteiger partial charge >= 0.3 is 0 Å². The molecule has 0 aliphatic heterocycles. The third kappa shape index (κ3) is 3.44. The molecule has 0 unspecified atom stereocenters. The Morgan fingerprint density at radius 3 is 1.83 bits per heavy atom. The Morgan fingerprint density at radius 1 is 0.733 bits per heavy atom. The molecule has 0 aliphatic carbocycles. The van der Waals surface area contributed by atoms with Crippen molar-refractivity contribution < 1.29 is 9.47 Å². The van der Waals surface area contributed by atoms with E-state index in [1.807, 2.05) is 54.6 Å². The first-order valence-electron chi connectivity index (χ1n) is 9.41. The normalized spacial score (nSPS) is 11.0. The fourth-order valence-corrected chi connectivity index (χ4v) is 5.33. The Bertz CT molecular complexity index is 1240. The van der Waals surface area contributed by atoms with E-state index in [0.717, 1.165) is 41.6 Å². The lowest BCUT2D eigenvalue weighted by Gasteiger charge is -2.08. The van der Waals surface area contributed by atoms with Crippen LogP contribution in [0, 0.1) is 0 Å². The molecule has 6 heteroatoms. The number of hydrogen-bond donors (Lipinski definition) is 0. The van der Waals surface area contributed by atoms with Gasteiger partial charge in [0.25, 0.3) is 0 Å². The number of methoxy groups -OCH3 is 2. The highest BCUT2D eigenvalue weighted by molar-refractivity contribution is 7.22. The Balaban J connectivity index is 1.70. The minimum atomic E-state index is 0.694. The van der Waals surface area contributed by atoms with E-state index in [-0.39, 0.29) is 0 Å². The first kappa shape index (κ1) is 18.8. The molecule has 0 amide bonds. The van der Waals surface area contributed by atoms with Crippen LogP contribution in [0.2, 0.25) is 0 Å². The Hall–Kier alpha value is -3.22. The molecule has 5 aromatic rings. The maximum Gasteiger partial charge on any atom is 0.161 e. The lowest BCUT2D eigenvalue weighted by molar-refractivity contribution is 0.355. The van der Waals surface area contributed by atoms with Gasteiger partial charge in [-0.1, -0.05) is 30.3 Å². The van der Waals surface area contributed by atoms with E-state index in [2.05, 4.69) is 18.2 Å². The number of ether oxygens (including phenoxy) is 2. The van der Waals surface area contributed by atoms with Gasteiger partial charge in [-0.25, -0.2) is 9.97 Å². The van der Waals surface area contributed by atoms with Gasteiger partial charge in [-0.3, -0.25) is 0 Å². The van der Waals surface area contributed by atoms with Gasteiger partial charge in [-0.15, -0.1) is 22.7 Å². The molecule has 30 heavy (non-hydrogen) atoms. The van der Waals surface area contributed by atoms with Crippen molar-refractivity contribution in [2.24, 2.45) is 0 Å². The monoisotopic (exact) mass is 430 g/mol. The van der Waals surface area contributed by atoms with Crippen LogP contribution in [0.15, 0.2) is 66.7 Å². The summed E-state index contributed by atoms with van der Waals surface area (Å²) in [6, 6.07) is 22.3. The molecular weight excluding hydrogens is 412 g/mol. The van der Waals surface area contributed by atoms with Gasteiger partial charge in [0.2, 0.25) is 0 Å². The van der Waals surface area contributed by atoms with E-state index < -0.39 is 0 Å². The smallest absolute Gasteiger partial charge is 0.161 e. The highest BCUT2D eigenvalue weighted by Crippen LogP contribution is 2.37. The van der Waals surface area contributed by atoms with Gasteiger partial charge in [0, 0.05) is 5.57 Å². The molecule has 148 valence electrons. The topological polar surface area (TPSA) is 44.2 Å². The summed E-state index contributed by atoms with van der Waals surface area (Å²) >= 11 is 3.36. The van der Waals surface area contributed by atoms with E-state index in [0.29, 0.717) is 11.5 Å². The van der Waals surface area contributed by atoms with Crippen molar-refractivity contribution in [3.63, 3.8) is 0 Å². The van der Waals surface area contributed by atoms with Crippen LogP contribution in [-0.2, 0) is 0 Å². The molecular formula is C24H18N2O2S2. The molecule has 0 saturated heterocycles. The summed E-state index contributed by atoms with van der Waals surface area (Å²) in [5.41, 5.74) is 4.00. The number of nitrogens with zero attached hydrogens (tertiary/aromatic N) is 2. The average Bonchev–Trinajstić information content (AvgIpc) is 3.41. The van der Waals surface area contributed by atoms with E-state index in [4.69, 9.17) is 19.4 Å². The fraction of sp³-hybridized carbons (Fsp3) is 0.0833. The summed E-state index contributed by atoms with van der Waals surface area (Å²) in [6.07, 6.45) is 2.12. The zero-order valence-corrected chi connectivity index (χ0v) is 18.1. The number of rotatable bonds is 5. The summed E-state index contributed by atoms with van der Waals surface area (Å²) in [5.74, 6) is 1.40. The Morgan fingerprint density at radius 2 is 1.30 bits per heavy atom. The molecule has 0 bridgehead atoms. The second-order valence-electron chi connectivity index (χ2n) is 6.65. The molecule has 3 aromatic carbocycles. The largest absolute Gasteiger partial charge is 0.493 e. The quantitative estimate of drug-likeness (QED) is 0.319. The zero-order valence-electron chi connectivity index (χ0n) is 16.5. The Kier molecular flexibility index (Phi) is 4.94. The number of fused-ring (bicyclic) bond motifs is 2. The molecule has 0 atom stereocenters. The second-order valence-corrected chi connectivity index (χ2v) is 8.71. The van der Waals surface area contributed by atoms with E-state index in [1.165, 1.54) is 0 Å². The first-order valence-corrected chi connectivity index (χ1v) is 11.0. The minimum Gasteiger partial charge on any atom is -0.493 e. The number of aromatic nitrogens is 2. The lowest BCUT2D eigenvalue weighted by atomic mass is 10.1.